The van der Waals surface area contributed by atoms with Crippen molar-refractivity contribution < 1.29 is 19.5 Å². The molecule has 1 saturated heterocycles. The van der Waals surface area contributed by atoms with Crippen LogP contribution >= 0.6 is 0 Å². The normalized spacial score (nSPS) is 17.8. The summed E-state index contributed by atoms with van der Waals surface area (Å²) in [4.78, 5) is 14.1. The molecule has 1 aromatic carbocycles. The van der Waals surface area contributed by atoms with Crippen LogP contribution in [0.2, 0.25) is 0 Å². The number of aliphatic hydroxyl groups excluding tert-OH is 1. The Kier molecular flexibility index (Phi) is 5.88. The number of hydrogen-bond donors (Lipinski definition) is 2. The molecule has 0 spiro atoms. The highest BCUT2D eigenvalue weighted by molar-refractivity contribution is 5.78. The van der Waals surface area contributed by atoms with Crippen molar-refractivity contribution in [3.63, 3.8) is 0 Å². The van der Waals surface area contributed by atoms with Gasteiger partial charge in [0, 0.05) is 20.1 Å². The third kappa shape index (κ3) is 4.25. The zero-order chi connectivity index (χ0) is 16.1. The maximum Gasteiger partial charge on any atom is 0.226 e. The summed E-state index contributed by atoms with van der Waals surface area (Å²) in [6.07, 6.45) is 1.78. The van der Waals surface area contributed by atoms with Crippen molar-refractivity contribution in [3.8, 4) is 0 Å². The first-order valence-corrected chi connectivity index (χ1v) is 7.56. The second-order valence-corrected chi connectivity index (χ2v) is 5.85. The van der Waals surface area contributed by atoms with Crippen LogP contribution in [0.4, 0.5) is 4.39 Å². The third-order valence-electron chi connectivity index (χ3n) is 4.37. The van der Waals surface area contributed by atoms with Gasteiger partial charge < -0.3 is 15.2 Å². The fourth-order valence-corrected chi connectivity index (χ4v) is 2.99. The Balaban J connectivity index is 1.85. The minimum Gasteiger partial charge on any atom is -0.395 e. The largest absolute Gasteiger partial charge is 0.395 e. The Bertz CT molecular complexity index is 485. The van der Waals surface area contributed by atoms with E-state index in [9.17, 15) is 19.5 Å². The number of halogens is 1. The van der Waals surface area contributed by atoms with Crippen LogP contribution in [0.15, 0.2) is 24.3 Å². The first-order chi connectivity index (χ1) is 10.5. The zero-order valence-corrected chi connectivity index (χ0v) is 12.8. The van der Waals surface area contributed by atoms with Gasteiger partial charge in [0.25, 0.3) is 0 Å². The number of nitrogens with zero attached hydrogens (tertiary/aromatic N) is 2. The second kappa shape index (κ2) is 7.67. The molecule has 1 fully saturated rings. The zero-order valence-electron chi connectivity index (χ0n) is 12.8. The predicted molar refractivity (Wildman–Crippen MR) is 79.8 cm³/mol. The van der Waals surface area contributed by atoms with Crippen molar-refractivity contribution in [2.24, 2.45) is 5.92 Å². The summed E-state index contributed by atoms with van der Waals surface area (Å²) < 4.78 is 12.9. The van der Waals surface area contributed by atoms with Gasteiger partial charge in [-0.15, -0.1) is 0 Å². The van der Waals surface area contributed by atoms with Crippen LogP contribution in [0.5, 0.6) is 0 Å². The molecule has 0 saturated carbocycles. The van der Waals surface area contributed by atoms with Crippen LogP contribution in [-0.4, -0.2) is 59.0 Å². The third-order valence-corrected chi connectivity index (χ3v) is 4.37. The summed E-state index contributed by atoms with van der Waals surface area (Å²) in [5.41, 5.74) is 0.803. The lowest BCUT2D eigenvalue weighted by Crippen LogP contribution is -2.46. The Labute approximate surface area is 129 Å². The van der Waals surface area contributed by atoms with Gasteiger partial charge >= 0.3 is 0 Å². The number of piperidine rings is 1. The summed E-state index contributed by atoms with van der Waals surface area (Å²) in [7, 11) is 1.53. The van der Waals surface area contributed by atoms with Crippen LogP contribution in [-0.2, 0) is 11.2 Å². The van der Waals surface area contributed by atoms with E-state index in [1.165, 1.54) is 19.2 Å². The van der Waals surface area contributed by atoms with Crippen molar-refractivity contribution >= 4 is 5.91 Å². The van der Waals surface area contributed by atoms with Crippen LogP contribution < -0.4 is 0 Å². The average Bonchev–Trinajstić information content (AvgIpc) is 2.50. The Morgan fingerprint density at radius 1 is 1.36 bits per heavy atom. The lowest BCUT2D eigenvalue weighted by Gasteiger charge is -2.37. The van der Waals surface area contributed by atoms with E-state index in [-0.39, 0.29) is 36.7 Å². The minimum atomic E-state index is -0.305. The van der Waals surface area contributed by atoms with E-state index in [1.54, 1.807) is 17.0 Å². The number of likely N-dealkylation sites (tertiary alicyclic amines) is 1. The first kappa shape index (κ1) is 16.9. The van der Waals surface area contributed by atoms with Gasteiger partial charge in [0.15, 0.2) is 0 Å². The number of rotatable bonds is 5. The molecule has 1 aromatic rings. The highest BCUT2D eigenvalue weighted by Gasteiger charge is 2.29. The van der Waals surface area contributed by atoms with Crippen LogP contribution in [0.1, 0.15) is 18.4 Å². The Morgan fingerprint density at radius 2 is 1.95 bits per heavy atom. The van der Waals surface area contributed by atoms with Gasteiger partial charge in [-0.25, -0.2) is 4.39 Å². The molecule has 6 heteroatoms. The average molecular weight is 310 g/mol. The molecule has 5 nitrogen and oxygen atoms in total. The van der Waals surface area contributed by atoms with E-state index in [1.807, 2.05) is 0 Å². The van der Waals surface area contributed by atoms with Gasteiger partial charge in [0.2, 0.25) is 5.91 Å². The molecule has 2 rings (SSSR count). The molecule has 122 valence electrons. The van der Waals surface area contributed by atoms with Crippen molar-refractivity contribution in [1.82, 2.24) is 9.96 Å². The number of likely N-dealkylation sites (N-methyl/N-ethyl adjacent to an activating group) is 1. The summed E-state index contributed by atoms with van der Waals surface area (Å²) >= 11 is 0. The summed E-state index contributed by atoms with van der Waals surface area (Å²) in [5.74, 6) is -0.0991. The second-order valence-electron chi connectivity index (χ2n) is 5.85. The smallest absolute Gasteiger partial charge is 0.226 e. The van der Waals surface area contributed by atoms with E-state index in [0.29, 0.717) is 13.1 Å². The Morgan fingerprint density at radius 3 is 2.45 bits per heavy atom. The molecule has 22 heavy (non-hydrogen) atoms. The van der Waals surface area contributed by atoms with Gasteiger partial charge in [-0.2, -0.15) is 5.06 Å². The lowest BCUT2D eigenvalue weighted by atomic mass is 9.89. The SMILES string of the molecule is CN(O)C(CO)C1CCN(C(=O)Cc2ccc(F)cc2)CC1. The Hall–Kier alpha value is -1.50. The molecule has 1 atom stereocenters. The van der Waals surface area contributed by atoms with E-state index in [4.69, 9.17) is 0 Å². The molecule has 1 heterocycles. The van der Waals surface area contributed by atoms with E-state index in [0.717, 1.165) is 23.5 Å². The van der Waals surface area contributed by atoms with Gasteiger partial charge in [-0.1, -0.05) is 12.1 Å². The number of carbonyl (C=O) groups excluding carboxylic acids is 1. The van der Waals surface area contributed by atoms with Gasteiger partial charge in [-0.05, 0) is 36.5 Å². The molecule has 1 unspecified atom stereocenters. The molecule has 1 aliphatic rings. The molecule has 0 bridgehead atoms. The standard InChI is InChI=1S/C16H23FN2O3/c1-18(22)15(11-20)13-6-8-19(9-7-13)16(21)10-12-2-4-14(17)5-3-12/h2-5,13,15,20,22H,6-11H2,1H3. The molecular weight excluding hydrogens is 287 g/mol. The molecule has 0 radical (unpaired) electrons. The monoisotopic (exact) mass is 310 g/mol. The minimum absolute atomic E-state index is 0.0305. The number of aliphatic hydroxyl groups is 1. The number of hydrogen-bond acceptors (Lipinski definition) is 4. The summed E-state index contributed by atoms with van der Waals surface area (Å²) in [6, 6.07) is 5.69. The maximum absolute atomic E-state index is 12.9. The quantitative estimate of drug-likeness (QED) is 0.805. The van der Waals surface area contributed by atoms with E-state index >= 15 is 0 Å². The fourth-order valence-electron chi connectivity index (χ4n) is 2.99. The van der Waals surface area contributed by atoms with Crippen molar-refractivity contribution in [3.05, 3.63) is 35.6 Å². The van der Waals surface area contributed by atoms with Crippen LogP contribution in [0, 0.1) is 11.7 Å². The molecule has 0 aromatic heterocycles. The fraction of sp³-hybridized carbons (Fsp3) is 0.562. The maximum atomic E-state index is 12.9. The van der Waals surface area contributed by atoms with Crippen molar-refractivity contribution in [2.45, 2.75) is 25.3 Å². The van der Waals surface area contributed by atoms with Gasteiger partial charge in [0.1, 0.15) is 5.82 Å². The number of benzene rings is 1. The number of hydroxylamine groups is 2. The van der Waals surface area contributed by atoms with E-state index < -0.39 is 0 Å². The molecule has 0 aliphatic carbocycles. The molecule has 2 N–H and O–H groups in total. The molecular formula is C16H23FN2O3. The van der Waals surface area contributed by atoms with Gasteiger partial charge in [0.05, 0.1) is 19.1 Å². The number of amides is 1. The van der Waals surface area contributed by atoms with Crippen LogP contribution in [0.25, 0.3) is 0 Å². The molecule has 1 amide bonds. The van der Waals surface area contributed by atoms with Crippen molar-refractivity contribution in [1.29, 1.82) is 0 Å². The summed E-state index contributed by atoms with van der Waals surface area (Å²) in [5, 5.41) is 19.9. The summed E-state index contributed by atoms with van der Waals surface area (Å²) in [6.45, 7) is 1.14. The highest BCUT2D eigenvalue weighted by Crippen LogP contribution is 2.23. The topological polar surface area (TPSA) is 64.0 Å². The van der Waals surface area contributed by atoms with Crippen molar-refractivity contribution in [2.75, 3.05) is 26.7 Å². The van der Waals surface area contributed by atoms with E-state index in [2.05, 4.69) is 0 Å². The molecule has 1 aliphatic heterocycles. The highest BCUT2D eigenvalue weighted by atomic mass is 19.1. The first-order valence-electron chi connectivity index (χ1n) is 7.56. The lowest BCUT2D eigenvalue weighted by molar-refractivity contribution is -0.142. The predicted octanol–water partition coefficient (Wildman–Crippen LogP) is 1.29. The van der Waals surface area contributed by atoms with Gasteiger partial charge in [-0.3, -0.25) is 4.79 Å². The van der Waals surface area contributed by atoms with Crippen LogP contribution in [0.3, 0.4) is 0 Å². The number of carbonyl (C=O) groups is 1.